The van der Waals surface area contributed by atoms with Gasteiger partial charge < -0.3 is 10.1 Å². The molecular weight excluding hydrogens is 304 g/mol. The lowest BCUT2D eigenvalue weighted by Crippen LogP contribution is -2.32. The van der Waals surface area contributed by atoms with Gasteiger partial charge in [0.15, 0.2) is 0 Å². The highest BCUT2D eigenvalue weighted by Crippen LogP contribution is 2.30. The number of sulfonamides is 1. The SMILES string of the molecule is C=C(C)CN(CC)S(=O)(=O)c1cc(NC(C)=O)ccc1OC. The molecule has 0 atom stereocenters. The highest BCUT2D eigenvalue weighted by Gasteiger charge is 2.27. The van der Waals surface area contributed by atoms with Gasteiger partial charge in [-0.15, -0.1) is 0 Å². The van der Waals surface area contributed by atoms with Crippen molar-refractivity contribution in [2.24, 2.45) is 0 Å². The number of nitrogens with one attached hydrogen (secondary N) is 1. The van der Waals surface area contributed by atoms with Gasteiger partial charge in [0, 0.05) is 25.7 Å². The van der Waals surface area contributed by atoms with E-state index in [0.29, 0.717) is 12.2 Å². The average molecular weight is 326 g/mol. The molecule has 0 unspecified atom stereocenters. The zero-order valence-corrected chi connectivity index (χ0v) is 14.2. The average Bonchev–Trinajstić information content (AvgIpc) is 2.43. The first-order chi connectivity index (χ1) is 10.2. The van der Waals surface area contributed by atoms with Crippen LogP contribution in [-0.2, 0) is 14.8 Å². The lowest BCUT2D eigenvalue weighted by atomic mass is 10.3. The molecule has 1 aromatic carbocycles. The fraction of sp³-hybridized carbons (Fsp3) is 0.400. The maximum Gasteiger partial charge on any atom is 0.247 e. The summed E-state index contributed by atoms with van der Waals surface area (Å²) in [4.78, 5) is 11.2. The van der Waals surface area contributed by atoms with Crippen molar-refractivity contribution < 1.29 is 17.9 Å². The van der Waals surface area contributed by atoms with Crippen molar-refractivity contribution in [2.75, 3.05) is 25.5 Å². The van der Waals surface area contributed by atoms with Gasteiger partial charge in [-0.1, -0.05) is 19.1 Å². The maximum absolute atomic E-state index is 12.8. The molecule has 7 heteroatoms. The zero-order chi connectivity index (χ0) is 16.9. The molecule has 22 heavy (non-hydrogen) atoms. The monoisotopic (exact) mass is 326 g/mol. The van der Waals surface area contributed by atoms with E-state index in [1.54, 1.807) is 19.9 Å². The quantitative estimate of drug-likeness (QED) is 0.780. The third-order valence-corrected chi connectivity index (χ3v) is 4.84. The molecule has 0 saturated carbocycles. The molecule has 1 aromatic rings. The number of anilines is 1. The van der Waals surface area contributed by atoms with E-state index in [0.717, 1.165) is 5.57 Å². The highest BCUT2D eigenvalue weighted by molar-refractivity contribution is 7.89. The zero-order valence-electron chi connectivity index (χ0n) is 13.3. The molecule has 122 valence electrons. The minimum atomic E-state index is -3.75. The van der Waals surface area contributed by atoms with Crippen molar-refractivity contribution in [1.29, 1.82) is 0 Å². The molecule has 1 rings (SSSR count). The Morgan fingerprint density at radius 3 is 2.45 bits per heavy atom. The second kappa shape index (κ2) is 7.42. The van der Waals surface area contributed by atoms with E-state index in [1.807, 2.05) is 0 Å². The number of hydrogen-bond donors (Lipinski definition) is 1. The molecule has 0 radical (unpaired) electrons. The molecule has 0 fully saturated rings. The number of nitrogens with zero attached hydrogens (tertiary/aromatic N) is 1. The van der Waals surface area contributed by atoms with Crippen molar-refractivity contribution in [3.63, 3.8) is 0 Å². The maximum atomic E-state index is 12.8. The molecule has 0 aromatic heterocycles. The Kier molecular flexibility index (Phi) is 6.13. The normalized spacial score (nSPS) is 11.3. The molecule has 0 saturated heterocycles. The van der Waals surface area contributed by atoms with Crippen LogP contribution in [0.2, 0.25) is 0 Å². The van der Waals surface area contributed by atoms with Crippen LogP contribution in [0.1, 0.15) is 20.8 Å². The molecule has 0 bridgehead atoms. The van der Waals surface area contributed by atoms with Gasteiger partial charge in [-0.3, -0.25) is 4.79 Å². The molecule has 0 heterocycles. The van der Waals surface area contributed by atoms with E-state index < -0.39 is 10.0 Å². The van der Waals surface area contributed by atoms with Gasteiger partial charge in [-0.25, -0.2) is 8.42 Å². The lowest BCUT2D eigenvalue weighted by Gasteiger charge is -2.22. The van der Waals surface area contributed by atoms with E-state index in [1.165, 1.54) is 30.5 Å². The predicted octanol–water partition coefficient (Wildman–Crippen LogP) is 2.24. The summed E-state index contributed by atoms with van der Waals surface area (Å²) in [7, 11) is -2.35. The van der Waals surface area contributed by atoms with Crippen LogP contribution in [0, 0.1) is 0 Å². The number of methoxy groups -OCH3 is 1. The van der Waals surface area contributed by atoms with E-state index in [9.17, 15) is 13.2 Å². The molecule has 0 aliphatic heterocycles. The topological polar surface area (TPSA) is 75.7 Å². The van der Waals surface area contributed by atoms with Gasteiger partial charge in [-0.2, -0.15) is 4.31 Å². The summed E-state index contributed by atoms with van der Waals surface area (Å²) in [6, 6.07) is 4.51. The van der Waals surface area contributed by atoms with Crippen LogP contribution in [-0.4, -0.2) is 38.8 Å². The Labute approximate surface area is 131 Å². The Balaban J connectivity index is 3.36. The smallest absolute Gasteiger partial charge is 0.247 e. The van der Waals surface area contributed by atoms with Crippen molar-refractivity contribution in [3.05, 3.63) is 30.4 Å². The summed E-state index contributed by atoms with van der Waals surface area (Å²) in [5, 5.41) is 2.57. The van der Waals surface area contributed by atoms with Crippen molar-refractivity contribution in [3.8, 4) is 5.75 Å². The number of rotatable bonds is 7. The van der Waals surface area contributed by atoms with Gasteiger partial charge in [0.05, 0.1) is 7.11 Å². The van der Waals surface area contributed by atoms with Gasteiger partial charge in [-0.05, 0) is 25.1 Å². The van der Waals surface area contributed by atoms with Crippen molar-refractivity contribution in [1.82, 2.24) is 4.31 Å². The Morgan fingerprint density at radius 1 is 1.36 bits per heavy atom. The molecule has 0 spiro atoms. The number of amides is 1. The fourth-order valence-corrected chi connectivity index (χ4v) is 3.66. The number of hydrogen-bond acceptors (Lipinski definition) is 4. The summed E-state index contributed by atoms with van der Waals surface area (Å²) >= 11 is 0. The fourth-order valence-electron chi connectivity index (χ4n) is 1.97. The molecular formula is C15H22N2O4S. The predicted molar refractivity (Wildman–Crippen MR) is 86.5 cm³/mol. The van der Waals surface area contributed by atoms with Crippen LogP contribution >= 0.6 is 0 Å². The van der Waals surface area contributed by atoms with Crippen LogP contribution in [0.15, 0.2) is 35.2 Å². The Morgan fingerprint density at radius 2 is 2.00 bits per heavy atom. The van der Waals surface area contributed by atoms with Crippen LogP contribution in [0.25, 0.3) is 0 Å². The van der Waals surface area contributed by atoms with Gasteiger partial charge in [0.1, 0.15) is 10.6 Å². The molecule has 6 nitrogen and oxygen atoms in total. The number of carbonyl (C=O) groups is 1. The summed E-state index contributed by atoms with van der Waals surface area (Å²) in [6.45, 7) is 9.17. The van der Waals surface area contributed by atoms with Gasteiger partial charge >= 0.3 is 0 Å². The summed E-state index contributed by atoms with van der Waals surface area (Å²) < 4.78 is 32.1. The minimum absolute atomic E-state index is 0.0179. The van der Waals surface area contributed by atoms with Crippen molar-refractivity contribution >= 4 is 21.6 Å². The lowest BCUT2D eigenvalue weighted by molar-refractivity contribution is -0.114. The van der Waals surface area contributed by atoms with E-state index in [4.69, 9.17) is 4.74 Å². The number of benzene rings is 1. The standard InChI is InChI=1S/C15H22N2O4S/c1-6-17(10-11(2)3)22(19,20)15-9-13(16-12(4)18)7-8-14(15)21-5/h7-9H,2,6,10H2,1,3-5H3,(H,16,18). The Bertz CT molecular complexity index is 668. The van der Waals surface area contributed by atoms with E-state index in [-0.39, 0.29) is 23.1 Å². The van der Waals surface area contributed by atoms with Gasteiger partial charge in [0.2, 0.25) is 15.9 Å². The molecule has 0 aliphatic rings. The summed E-state index contributed by atoms with van der Waals surface area (Å²) in [6.07, 6.45) is 0. The van der Waals surface area contributed by atoms with Crippen LogP contribution in [0.3, 0.4) is 0 Å². The molecule has 1 N–H and O–H groups in total. The van der Waals surface area contributed by atoms with Crippen LogP contribution in [0.5, 0.6) is 5.75 Å². The van der Waals surface area contributed by atoms with E-state index in [2.05, 4.69) is 11.9 Å². The summed E-state index contributed by atoms with van der Waals surface area (Å²) in [5.74, 6) is -0.0444. The third-order valence-electron chi connectivity index (χ3n) is 2.90. The van der Waals surface area contributed by atoms with Crippen molar-refractivity contribution in [2.45, 2.75) is 25.7 Å². The largest absolute Gasteiger partial charge is 0.495 e. The molecule has 0 aliphatic carbocycles. The highest BCUT2D eigenvalue weighted by atomic mass is 32.2. The Hall–Kier alpha value is -1.86. The second-order valence-corrected chi connectivity index (χ2v) is 6.84. The second-order valence-electron chi connectivity index (χ2n) is 4.94. The van der Waals surface area contributed by atoms with E-state index >= 15 is 0 Å². The van der Waals surface area contributed by atoms with Crippen LogP contribution in [0.4, 0.5) is 5.69 Å². The molecule has 1 amide bonds. The minimum Gasteiger partial charge on any atom is -0.495 e. The number of likely N-dealkylation sites (N-methyl/N-ethyl adjacent to an activating group) is 1. The first-order valence-electron chi connectivity index (χ1n) is 6.82. The number of ether oxygens (including phenoxy) is 1. The summed E-state index contributed by atoms with van der Waals surface area (Å²) in [5.41, 5.74) is 1.14. The number of carbonyl (C=O) groups excluding carboxylic acids is 1. The van der Waals surface area contributed by atoms with Crippen LogP contribution < -0.4 is 10.1 Å². The first-order valence-corrected chi connectivity index (χ1v) is 8.26. The first kappa shape index (κ1) is 18.2. The third kappa shape index (κ3) is 4.32. The van der Waals surface area contributed by atoms with Gasteiger partial charge in [0.25, 0.3) is 0 Å².